The first-order chi connectivity index (χ1) is 56.3. The van der Waals surface area contributed by atoms with Gasteiger partial charge in [0.15, 0.2) is 0 Å². The van der Waals surface area contributed by atoms with Gasteiger partial charge in [-0.1, -0.05) is 129 Å². The maximum Gasteiger partial charge on any atom is 0.412 e. The lowest BCUT2D eigenvalue weighted by Gasteiger charge is -2.11. The lowest BCUT2D eigenvalue weighted by Crippen LogP contribution is -2.18. The predicted octanol–water partition coefficient (Wildman–Crippen LogP) is 17.0. The lowest BCUT2D eigenvalue weighted by atomic mass is 10.2. The molecule has 0 aliphatic carbocycles. The second kappa shape index (κ2) is 47.5. The van der Waals surface area contributed by atoms with Gasteiger partial charge in [-0.25, -0.2) is 66.5 Å². The van der Waals surface area contributed by atoms with Crippen molar-refractivity contribution in [1.29, 1.82) is 0 Å². The largest absolute Gasteiger partial charge is 0.453 e. The van der Waals surface area contributed by atoms with Gasteiger partial charge in [-0.3, -0.25) is 26.6 Å². The van der Waals surface area contributed by atoms with Crippen LogP contribution in [0.3, 0.4) is 0 Å². The molecular weight excluding hydrogens is 1540 g/mol. The van der Waals surface area contributed by atoms with E-state index in [9.17, 15) is 41.5 Å². The summed E-state index contributed by atoms with van der Waals surface area (Å²) in [4.78, 5) is 78.2. The highest BCUT2D eigenvalue weighted by Crippen LogP contribution is 2.26. The molecule has 5 amide bonds. The van der Waals surface area contributed by atoms with Crippen molar-refractivity contribution in [3.63, 3.8) is 0 Å². The number of rotatable bonds is 27. The molecule has 0 saturated heterocycles. The van der Waals surface area contributed by atoms with Gasteiger partial charge in [-0.15, -0.1) is 0 Å². The van der Waals surface area contributed by atoms with Crippen molar-refractivity contribution in [3.05, 3.63) is 287 Å². The van der Waals surface area contributed by atoms with Crippen molar-refractivity contribution in [3.8, 4) is 0 Å². The molecule has 0 aliphatic heterocycles. The Balaban J connectivity index is 0.000000203. The molecule has 11 rings (SSSR count). The minimum atomic E-state index is -0.634. The van der Waals surface area contributed by atoms with Crippen LogP contribution in [0.15, 0.2) is 225 Å². The Labute approximate surface area is 677 Å². The van der Waals surface area contributed by atoms with Crippen LogP contribution in [0, 0.1) is 29.2 Å². The van der Waals surface area contributed by atoms with E-state index in [1.54, 1.807) is 116 Å². The highest BCUT2D eigenvalue weighted by molar-refractivity contribution is 6.30. The summed E-state index contributed by atoms with van der Waals surface area (Å²) in [6, 6.07) is 58.1. The first-order valence-corrected chi connectivity index (χ1v) is 36.2. The first kappa shape index (κ1) is 89.4. The SMILES string of the molecule is C=CCOC(=O)Nc1ccc(NCc2ccc(F)cc2)nc1N.CC(C)COC(=O)Nc1ccc(NCc2ccc(F)cc2)nc1N.CCOC(=O)Nc1ccc(NCc2ccc(Cl)cc2)nc1N.COC(=O)Nc1ccc(NCc2ccc(F)cc2)nc1N.Nc1nc(NCc2ccc(F)cc2)ccc1NC(=O)OCc1ccccc1. The topological polar surface area (TPSA) is 446 Å². The molecule has 20 N–H and O–H groups in total. The summed E-state index contributed by atoms with van der Waals surface area (Å²) in [5.41, 5.74) is 36.6. The number of nitrogens with two attached hydrogens (primary N) is 5. The molecule has 35 heteroatoms. The van der Waals surface area contributed by atoms with Crippen LogP contribution >= 0.6 is 11.6 Å². The summed E-state index contributed by atoms with van der Waals surface area (Å²) in [5, 5.41) is 28.7. The van der Waals surface area contributed by atoms with E-state index in [-0.39, 0.29) is 71.5 Å². The number of amides is 5. The number of halogens is 5. The van der Waals surface area contributed by atoms with E-state index in [2.05, 4.69) is 89.4 Å². The van der Waals surface area contributed by atoms with E-state index in [1.807, 2.05) is 68.4 Å². The fourth-order valence-electron chi connectivity index (χ4n) is 9.35. The number of ether oxygens (including phenoxy) is 5. The fourth-order valence-corrected chi connectivity index (χ4v) is 9.47. The third-order valence-electron chi connectivity index (χ3n) is 15.3. The van der Waals surface area contributed by atoms with E-state index in [4.69, 9.17) is 59.2 Å². The molecule has 612 valence electrons. The quantitative estimate of drug-likeness (QED) is 0.0129. The van der Waals surface area contributed by atoms with Crippen LogP contribution in [-0.4, -0.2) is 82.3 Å². The number of aromatic nitrogens is 5. The van der Waals surface area contributed by atoms with Crippen LogP contribution in [0.4, 0.5) is 128 Å². The number of benzene rings is 6. The van der Waals surface area contributed by atoms with Crippen molar-refractivity contribution in [2.24, 2.45) is 5.92 Å². The second-order valence-corrected chi connectivity index (χ2v) is 25.3. The van der Waals surface area contributed by atoms with Gasteiger partial charge in [-0.2, -0.15) is 0 Å². The molecule has 0 saturated carbocycles. The summed E-state index contributed by atoms with van der Waals surface area (Å²) in [6.07, 6.45) is -1.52. The number of hydrogen-bond acceptors (Lipinski definition) is 25. The van der Waals surface area contributed by atoms with Gasteiger partial charge in [0, 0.05) is 37.7 Å². The molecule has 11 aromatic rings. The van der Waals surface area contributed by atoms with Crippen molar-refractivity contribution in [2.45, 2.75) is 60.1 Å². The van der Waals surface area contributed by atoms with E-state index < -0.39 is 30.5 Å². The summed E-state index contributed by atoms with van der Waals surface area (Å²) in [5.74, 6) is 2.82. The average molecular weight is 1630 g/mol. The maximum atomic E-state index is 12.9. The highest BCUT2D eigenvalue weighted by Gasteiger charge is 2.15. The molecule has 0 aliphatic rings. The number of pyridine rings is 5. The van der Waals surface area contributed by atoms with Crippen LogP contribution in [0.5, 0.6) is 0 Å². The van der Waals surface area contributed by atoms with Crippen molar-refractivity contribution < 1.29 is 65.2 Å². The molecule has 117 heavy (non-hydrogen) atoms. The molecule has 0 atom stereocenters. The standard InChI is InChI=1S/C20H19FN4O2.C17H21FN4O2.C16H17FN4O2.C15H17ClN4O2.C14H15FN4O2/c21-16-8-6-14(7-9-16)12-23-18-11-10-17(19(22)25-18)24-20(26)27-13-15-4-2-1-3-5-15;1-11(2)10-24-17(23)21-14-7-8-15(22-16(14)19)20-9-12-3-5-13(18)6-4-12;1-2-9-23-16(22)20-13-7-8-14(21-15(13)18)19-10-11-3-5-12(17)6-4-11;1-2-22-15(21)19-12-7-8-13(20-14(12)17)18-9-10-3-5-11(16)6-4-10;1-21-14(20)18-11-6-7-12(19-13(11)16)17-8-9-2-4-10(15)5-3-9/h1-11H,12-13H2,(H,24,26)(H3,22,23,25);3-8,11H,9-10H2,1-2H3,(H,21,23)(H3,19,20,22);2-8H,1,9-10H2,(H,20,22)(H3,18,19,21);3-8H,2,9H2,1H3,(H,19,21)(H3,17,18,20);2-7H,8H2,1H3,(H,18,20)(H3,16,17,19). The predicted molar refractivity (Wildman–Crippen MR) is 449 cm³/mol. The van der Waals surface area contributed by atoms with Crippen LogP contribution in [-0.2, 0) is 63.0 Å². The molecule has 0 bridgehead atoms. The number of hydrogen-bond donors (Lipinski definition) is 15. The van der Waals surface area contributed by atoms with E-state index >= 15 is 0 Å². The zero-order valence-electron chi connectivity index (χ0n) is 64.0. The molecule has 5 heterocycles. The maximum absolute atomic E-state index is 12.9. The Bertz CT molecular complexity index is 5000. The Morgan fingerprint density at radius 2 is 0.650 bits per heavy atom. The smallest absolute Gasteiger partial charge is 0.412 e. The number of carbonyl (C=O) groups excluding carboxylic acids is 5. The van der Waals surface area contributed by atoms with Gasteiger partial charge >= 0.3 is 30.5 Å². The number of carbonyl (C=O) groups is 5. The van der Waals surface area contributed by atoms with Gasteiger partial charge in [0.2, 0.25) is 0 Å². The number of nitrogens with one attached hydrogen (secondary N) is 10. The number of nitrogens with zero attached hydrogens (tertiary/aromatic N) is 5. The van der Waals surface area contributed by atoms with E-state index in [0.717, 1.165) is 33.4 Å². The molecule has 5 aromatic heterocycles. The van der Waals surface area contributed by atoms with Crippen LogP contribution in [0.1, 0.15) is 54.2 Å². The highest BCUT2D eigenvalue weighted by atomic mass is 35.5. The van der Waals surface area contributed by atoms with Gasteiger partial charge in [0.25, 0.3) is 0 Å². The number of methoxy groups -OCH3 is 1. The second-order valence-electron chi connectivity index (χ2n) is 24.8. The first-order valence-electron chi connectivity index (χ1n) is 35.8. The normalized spacial score (nSPS) is 10.2. The van der Waals surface area contributed by atoms with Gasteiger partial charge in [-0.05, 0) is 168 Å². The zero-order valence-corrected chi connectivity index (χ0v) is 64.8. The third kappa shape index (κ3) is 33.6. The molecule has 30 nitrogen and oxygen atoms in total. The monoisotopic (exact) mass is 1620 g/mol. The van der Waals surface area contributed by atoms with Gasteiger partial charge < -0.3 is 78.9 Å². The summed E-state index contributed by atoms with van der Waals surface area (Å²) >= 11 is 5.84. The zero-order chi connectivity index (χ0) is 84.4. The van der Waals surface area contributed by atoms with Gasteiger partial charge in [0.1, 0.15) is 94.7 Å². The Morgan fingerprint density at radius 1 is 0.376 bits per heavy atom. The Morgan fingerprint density at radius 3 is 0.923 bits per heavy atom. The van der Waals surface area contributed by atoms with Crippen LogP contribution in [0.25, 0.3) is 0 Å². The lowest BCUT2D eigenvalue weighted by molar-refractivity contribution is 0.147. The average Bonchev–Trinajstić information content (AvgIpc) is 0.878. The molecule has 6 aromatic carbocycles. The fraction of sp³-hybridized carbons (Fsp3) is 0.171. The van der Waals surface area contributed by atoms with Crippen LogP contribution in [0.2, 0.25) is 5.02 Å². The Kier molecular flexibility index (Phi) is 36.3. The summed E-state index contributed by atoms with van der Waals surface area (Å²) in [6.45, 7) is 12.5. The molecular formula is C82H89ClF4N20O10. The van der Waals surface area contributed by atoms with Gasteiger partial charge in [0.05, 0.1) is 48.8 Å². The van der Waals surface area contributed by atoms with Crippen molar-refractivity contribution in [2.75, 3.05) is 109 Å². The van der Waals surface area contributed by atoms with Crippen molar-refractivity contribution >= 4 is 129 Å². The van der Waals surface area contributed by atoms with Crippen molar-refractivity contribution in [1.82, 2.24) is 24.9 Å². The van der Waals surface area contributed by atoms with E-state index in [1.165, 1.54) is 61.7 Å². The summed E-state index contributed by atoms with van der Waals surface area (Å²) < 4.78 is 75.6. The molecule has 0 fully saturated rings. The minimum absolute atomic E-state index is 0.108. The molecule has 0 spiro atoms. The third-order valence-corrected chi connectivity index (χ3v) is 15.5. The molecule has 0 unspecified atom stereocenters. The number of anilines is 15. The molecule has 0 radical (unpaired) electrons. The number of nitrogen functional groups attached to an aromatic ring is 5. The van der Waals surface area contributed by atoms with E-state index in [0.29, 0.717) is 108 Å². The minimum Gasteiger partial charge on any atom is -0.453 e. The van der Waals surface area contributed by atoms with Crippen LogP contribution < -0.4 is 81.8 Å². The Hall–Kier alpha value is -14.8. The summed E-state index contributed by atoms with van der Waals surface area (Å²) in [7, 11) is 1.26.